The summed E-state index contributed by atoms with van der Waals surface area (Å²) in [6.07, 6.45) is 28.6. The molecule has 0 aliphatic carbocycles. The van der Waals surface area contributed by atoms with Crippen LogP contribution in [-0.2, 0) is 4.79 Å². The number of unbranched alkanes of at least 4 members (excludes halogenated alkanes) is 20. The quantitative estimate of drug-likeness (QED) is 0.103. The summed E-state index contributed by atoms with van der Waals surface area (Å²) in [5.74, 6) is -0.0343. The number of nitrogens with one attached hydrogen (secondary N) is 1. The molecule has 0 fully saturated rings. The summed E-state index contributed by atoms with van der Waals surface area (Å²) < 4.78 is 0. The van der Waals surface area contributed by atoms with Gasteiger partial charge in [-0.1, -0.05) is 149 Å². The molecule has 0 rings (SSSR count). The predicted molar refractivity (Wildman–Crippen MR) is 147 cm³/mol. The van der Waals surface area contributed by atoms with Crippen molar-refractivity contribution in [1.29, 1.82) is 0 Å². The highest BCUT2D eigenvalue weighted by Crippen LogP contribution is 2.14. The molecule has 4 nitrogen and oxygen atoms in total. The van der Waals surface area contributed by atoms with Gasteiger partial charge in [0.15, 0.2) is 0 Å². The first-order valence-corrected chi connectivity index (χ1v) is 15.2. The summed E-state index contributed by atoms with van der Waals surface area (Å²) in [7, 11) is 0. The van der Waals surface area contributed by atoms with Crippen molar-refractivity contribution in [2.45, 2.75) is 180 Å². The normalized spacial score (nSPS) is 13.2. The van der Waals surface area contributed by atoms with E-state index >= 15 is 0 Å². The molecule has 0 aromatic rings. The van der Waals surface area contributed by atoms with Gasteiger partial charge in [-0.05, 0) is 12.8 Å². The van der Waals surface area contributed by atoms with Crippen LogP contribution in [0.15, 0.2) is 0 Å². The number of hydrogen-bond acceptors (Lipinski definition) is 3. The van der Waals surface area contributed by atoms with Gasteiger partial charge >= 0.3 is 0 Å². The highest BCUT2D eigenvalue weighted by atomic mass is 16.3. The molecule has 0 aliphatic heterocycles. The Kier molecular flexibility index (Phi) is 26.5. The van der Waals surface area contributed by atoms with E-state index in [-0.39, 0.29) is 12.5 Å². The van der Waals surface area contributed by atoms with Crippen molar-refractivity contribution >= 4 is 5.91 Å². The van der Waals surface area contributed by atoms with Gasteiger partial charge in [-0.15, -0.1) is 0 Å². The van der Waals surface area contributed by atoms with E-state index in [0.717, 1.165) is 25.7 Å². The van der Waals surface area contributed by atoms with E-state index in [4.69, 9.17) is 0 Å². The van der Waals surface area contributed by atoms with E-state index < -0.39 is 12.1 Å². The van der Waals surface area contributed by atoms with E-state index in [0.29, 0.717) is 12.8 Å². The second kappa shape index (κ2) is 27.0. The fraction of sp³-hybridized carbons (Fsp3) is 0.967. The summed E-state index contributed by atoms with van der Waals surface area (Å²) >= 11 is 0. The third-order valence-corrected chi connectivity index (χ3v) is 7.12. The average molecular weight is 484 g/mol. The fourth-order valence-corrected chi connectivity index (χ4v) is 4.71. The molecule has 0 bridgehead atoms. The lowest BCUT2D eigenvalue weighted by atomic mass is 10.0. The zero-order valence-corrected chi connectivity index (χ0v) is 23.1. The Labute approximate surface area is 213 Å². The molecule has 0 aromatic heterocycles. The van der Waals surface area contributed by atoms with Gasteiger partial charge in [-0.25, -0.2) is 0 Å². The van der Waals surface area contributed by atoms with Crippen LogP contribution in [0, 0.1) is 0 Å². The first-order valence-electron chi connectivity index (χ1n) is 15.2. The second-order valence-electron chi connectivity index (χ2n) is 10.5. The van der Waals surface area contributed by atoms with Gasteiger partial charge in [-0.2, -0.15) is 0 Å². The van der Waals surface area contributed by atoms with Crippen LogP contribution in [0.3, 0.4) is 0 Å². The molecule has 3 N–H and O–H groups in total. The van der Waals surface area contributed by atoms with Crippen molar-refractivity contribution in [2.75, 3.05) is 6.61 Å². The zero-order chi connectivity index (χ0) is 25.1. The van der Waals surface area contributed by atoms with Crippen LogP contribution in [0.5, 0.6) is 0 Å². The van der Waals surface area contributed by atoms with E-state index in [1.165, 1.54) is 116 Å². The first-order chi connectivity index (χ1) is 16.7. The van der Waals surface area contributed by atoms with E-state index in [9.17, 15) is 15.0 Å². The van der Waals surface area contributed by atoms with Crippen LogP contribution < -0.4 is 5.32 Å². The van der Waals surface area contributed by atoms with Gasteiger partial charge in [0, 0.05) is 6.42 Å². The van der Waals surface area contributed by atoms with Gasteiger partial charge in [0.1, 0.15) is 0 Å². The Balaban J connectivity index is 3.55. The van der Waals surface area contributed by atoms with Crippen molar-refractivity contribution in [1.82, 2.24) is 5.32 Å². The minimum absolute atomic E-state index is 0.0343. The molecule has 0 heterocycles. The molecule has 2 unspecified atom stereocenters. The standard InChI is InChI=1S/C30H61NO3/c1-3-5-7-9-11-13-14-15-16-17-18-20-22-24-26-30(34)31-28(27-32)29(33)25-23-21-19-12-10-8-6-4-2/h28-29,32-33H,3-27H2,1-2H3,(H,31,34). The third-order valence-electron chi connectivity index (χ3n) is 7.12. The minimum atomic E-state index is -0.648. The smallest absolute Gasteiger partial charge is 0.220 e. The van der Waals surface area contributed by atoms with Crippen molar-refractivity contribution in [3.63, 3.8) is 0 Å². The molecule has 34 heavy (non-hydrogen) atoms. The number of rotatable bonds is 27. The minimum Gasteiger partial charge on any atom is -0.394 e. The molecule has 2 atom stereocenters. The summed E-state index contributed by atoms with van der Waals surface area (Å²) in [6.45, 7) is 4.31. The highest BCUT2D eigenvalue weighted by Gasteiger charge is 2.19. The maximum Gasteiger partial charge on any atom is 0.220 e. The summed E-state index contributed by atoms with van der Waals surface area (Å²) in [5.41, 5.74) is 0. The molecule has 0 saturated carbocycles. The van der Waals surface area contributed by atoms with Crippen LogP contribution in [0.2, 0.25) is 0 Å². The topological polar surface area (TPSA) is 69.6 Å². The van der Waals surface area contributed by atoms with Crippen LogP contribution in [-0.4, -0.2) is 34.9 Å². The number of aliphatic hydroxyl groups excluding tert-OH is 2. The summed E-state index contributed by atoms with van der Waals surface area (Å²) in [5, 5.41) is 22.8. The van der Waals surface area contributed by atoms with Gasteiger partial charge in [-0.3, -0.25) is 4.79 Å². The number of carbonyl (C=O) groups excluding carboxylic acids is 1. The Hall–Kier alpha value is -0.610. The lowest BCUT2D eigenvalue weighted by molar-refractivity contribution is -0.123. The predicted octanol–water partition coefficient (Wildman–Crippen LogP) is 8.23. The van der Waals surface area contributed by atoms with Crippen molar-refractivity contribution in [3.05, 3.63) is 0 Å². The lowest BCUT2D eigenvalue weighted by Crippen LogP contribution is -2.45. The van der Waals surface area contributed by atoms with Crippen molar-refractivity contribution in [3.8, 4) is 0 Å². The van der Waals surface area contributed by atoms with Crippen LogP contribution in [0.25, 0.3) is 0 Å². The van der Waals surface area contributed by atoms with Crippen LogP contribution >= 0.6 is 0 Å². The zero-order valence-electron chi connectivity index (χ0n) is 23.1. The number of amides is 1. The molecule has 0 spiro atoms. The van der Waals surface area contributed by atoms with Gasteiger partial charge in [0.05, 0.1) is 18.8 Å². The number of aliphatic hydroxyl groups is 2. The monoisotopic (exact) mass is 483 g/mol. The highest BCUT2D eigenvalue weighted by molar-refractivity contribution is 5.76. The Morgan fingerprint density at radius 3 is 1.32 bits per heavy atom. The van der Waals surface area contributed by atoms with Gasteiger partial charge < -0.3 is 15.5 Å². The molecule has 0 saturated heterocycles. The Bertz CT molecular complexity index is 416. The van der Waals surface area contributed by atoms with E-state index in [1.54, 1.807) is 0 Å². The Morgan fingerprint density at radius 1 is 0.588 bits per heavy atom. The summed E-state index contributed by atoms with van der Waals surface area (Å²) in [4.78, 5) is 12.2. The average Bonchev–Trinajstić information content (AvgIpc) is 2.84. The maximum atomic E-state index is 12.2. The van der Waals surface area contributed by atoms with Crippen LogP contribution in [0.4, 0.5) is 0 Å². The largest absolute Gasteiger partial charge is 0.394 e. The summed E-state index contributed by atoms with van der Waals surface area (Å²) in [6, 6.07) is -0.524. The lowest BCUT2D eigenvalue weighted by Gasteiger charge is -2.22. The second-order valence-corrected chi connectivity index (χ2v) is 10.5. The molecule has 0 aromatic carbocycles. The molecular formula is C30H61NO3. The van der Waals surface area contributed by atoms with Gasteiger partial charge in [0.25, 0.3) is 0 Å². The van der Waals surface area contributed by atoms with E-state index in [2.05, 4.69) is 19.2 Å². The van der Waals surface area contributed by atoms with E-state index in [1.807, 2.05) is 0 Å². The molecule has 0 radical (unpaired) electrons. The number of carbonyl (C=O) groups is 1. The molecule has 0 aliphatic rings. The molecule has 1 amide bonds. The van der Waals surface area contributed by atoms with Crippen LogP contribution in [0.1, 0.15) is 168 Å². The molecule has 204 valence electrons. The maximum absolute atomic E-state index is 12.2. The third kappa shape index (κ3) is 23.1. The molecular weight excluding hydrogens is 422 g/mol. The number of hydrogen-bond donors (Lipinski definition) is 3. The fourth-order valence-electron chi connectivity index (χ4n) is 4.71. The first kappa shape index (κ1) is 33.4. The molecule has 4 heteroatoms. The SMILES string of the molecule is CCCCCCCCCCCCCCCCC(=O)NC(CO)C(O)CCCCCCCCCC. The van der Waals surface area contributed by atoms with Gasteiger partial charge in [0.2, 0.25) is 5.91 Å². The van der Waals surface area contributed by atoms with Crippen molar-refractivity contribution in [2.24, 2.45) is 0 Å². The Morgan fingerprint density at radius 2 is 0.941 bits per heavy atom. The van der Waals surface area contributed by atoms with Crippen molar-refractivity contribution < 1.29 is 15.0 Å².